The number of hydrogen-bond acceptors (Lipinski definition) is 10. The lowest BCUT2D eigenvalue weighted by Crippen LogP contribution is -2.74. The summed E-state index contributed by atoms with van der Waals surface area (Å²) < 4.78 is 5.12. The van der Waals surface area contributed by atoms with Crippen molar-refractivity contribution in [3.05, 3.63) is 28.8 Å². The molecular formula is C27H33N3O9. The second kappa shape index (κ2) is 10.2. The number of hydrogen-bond donors (Lipinski definition) is 4. The molecule has 0 heterocycles. The van der Waals surface area contributed by atoms with Crippen molar-refractivity contribution in [2.45, 2.75) is 44.9 Å². The molecule has 39 heavy (non-hydrogen) atoms. The number of Topliss-reactive ketones (excluding diaryl/α,β-unsaturated/α-hetero) is 4. The number of amides is 2. The number of aromatic hydroxyl groups is 1. The van der Waals surface area contributed by atoms with E-state index in [1.807, 2.05) is 13.8 Å². The van der Waals surface area contributed by atoms with Gasteiger partial charge in [0.05, 0.1) is 24.1 Å². The number of nitrogens with zero attached hydrogens (tertiary/aromatic N) is 1. The Kier molecular flexibility index (Phi) is 7.39. The van der Waals surface area contributed by atoms with E-state index < -0.39 is 70.4 Å². The monoisotopic (exact) mass is 543 g/mol. The average Bonchev–Trinajstić information content (AvgIpc) is 2.84. The number of fused-ring (bicyclic) bond motifs is 3. The first-order valence-electron chi connectivity index (χ1n) is 12.8. The molecule has 0 radical (unpaired) electrons. The number of alkyl carbamates (subject to hydrolysis) is 1. The van der Waals surface area contributed by atoms with Gasteiger partial charge in [-0.25, -0.2) is 4.79 Å². The van der Waals surface area contributed by atoms with Crippen LogP contribution in [0.4, 0.5) is 4.79 Å². The van der Waals surface area contributed by atoms with Crippen LogP contribution in [0.1, 0.15) is 41.8 Å². The van der Waals surface area contributed by atoms with Gasteiger partial charge in [-0.15, -0.1) is 0 Å². The number of nitrogens with one attached hydrogen (secondary N) is 1. The Bertz CT molecular complexity index is 1270. The van der Waals surface area contributed by atoms with E-state index in [2.05, 4.69) is 5.32 Å². The van der Waals surface area contributed by atoms with Crippen molar-refractivity contribution in [3.63, 3.8) is 0 Å². The van der Waals surface area contributed by atoms with E-state index in [0.29, 0.717) is 11.1 Å². The Hall–Kier alpha value is -3.64. The maximum atomic E-state index is 13.8. The predicted molar refractivity (Wildman–Crippen MR) is 134 cm³/mol. The van der Waals surface area contributed by atoms with Crippen LogP contribution in [0.3, 0.4) is 0 Å². The molecule has 0 aromatic heterocycles. The molecule has 1 aromatic rings. The number of ether oxygens (including phenoxy) is 1. The topological polar surface area (TPSA) is 193 Å². The van der Waals surface area contributed by atoms with Crippen LogP contribution in [0.2, 0.25) is 0 Å². The third-order valence-electron chi connectivity index (χ3n) is 8.01. The minimum atomic E-state index is -2.77. The third-order valence-corrected chi connectivity index (χ3v) is 8.01. The van der Waals surface area contributed by atoms with Gasteiger partial charge in [-0.2, -0.15) is 0 Å². The summed E-state index contributed by atoms with van der Waals surface area (Å²) in [4.78, 5) is 79.5. The van der Waals surface area contributed by atoms with Crippen molar-refractivity contribution < 1.29 is 43.7 Å². The van der Waals surface area contributed by atoms with Gasteiger partial charge in [-0.1, -0.05) is 19.9 Å². The zero-order valence-corrected chi connectivity index (χ0v) is 22.2. The van der Waals surface area contributed by atoms with Gasteiger partial charge in [-0.3, -0.25) is 28.9 Å². The van der Waals surface area contributed by atoms with Crippen LogP contribution in [0, 0.1) is 29.6 Å². The van der Waals surface area contributed by atoms with Gasteiger partial charge in [-0.05, 0) is 56.0 Å². The fourth-order valence-electron chi connectivity index (χ4n) is 6.30. The van der Waals surface area contributed by atoms with Crippen molar-refractivity contribution in [2.75, 3.05) is 20.7 Å². The number of rotatable bonds is 6. The molecule has 2 fully saturated rings. The molecule has 2 unspecified atom stereocenters. The molecule has 3 aliphatic rings. The van der Waals surface area contributed by atoms with Crippen LogP contribution in [0.5, 0.6) is 5.75 Å². The fourth-order valence-corrected chi connectivity index (χ4v) is 6.30. The quantitative estimate of drug-likeness (QED) is 0.348. The molecular weight excluding hydrogens is 510 g/mol. The lowest BCUT2D eigenvalue weighted by Gasteiger charge is -2.52. The maximum Gasteiger partial charge on any atom is 0.407 e. The van der Waals surface area contributed by atoms with Crippen LogP contribution in [0.15, 0.2) is 12.1 Å². The van der Waals surface area contributed by atoms with Gasteiger partial charge < -0.3 is 26.0 Å². The smallest absolute Gasteiger partial charge is 0.407 e. The number of carbonyl (C=O) groups is 6. The summed E-state index contributed by atoms with van der Waals surface area (Å²) in [5, 5.41) is 24.8. The Morgan fingerprint density at radius 3 is 2.44 bits per heavy atom. The number of phenols is 1. The average molecular weight is 544 g/mol. The lowest BCUT2D eigenvalue weighted by atomic mass is 9.52. The van der Waals surface area contributed by atoms with E-state index in [0.717, 1.165) is 0 Å². The van der Waals surface area contributed by atoms with Crippen LogP contribution in [-0.4, -0.2) is 82.6 Å². The largest absolute Gasteiger partial charge is 0.507 e. The number of primary amides is 1. The highest BCUT2D eigenvalue weighted by Gasteiger charge is 2.69. The van der Waals surface area contributed by atoms with Gasteiger partial charge in [0.1, 0.15) is 5.75 Å². The number of aliphatic hydroxyl groups is 1. The highest BCUT2D eigenvalue weighted by atomic mass is 16.5. The van der Waals surface area contributed by atoms with Crippen LogP contribution in [-0.2, 0) is 36.9 Å². The molecule has 3 aliphatic carbocycles. The number of likely N-dealkylation sites (N-methyl/N-ethyl adjacent to an activating group) is 1. The van der Waals surface area contributed by atoms with Crippen molar-refractivity contribution in [3.8, 4) is 5.75 Å². The van der Waals surface area contributed by atoms with Crippen LogP contribution >= 0.6 is 0 Å². The van der Waals surface area contributed by atoms with E-state index in [1.54, 1.807) is 6.07 Å². The first kappa shape index (κ1) is 28.4. The van der Waals surface area contributed by atoms with Crippen LogP contribution < -0.4 is 11.1 Å². The number of ketones is 4. The normalized spacial score (nSPS) is 30.1. The van der Waals surface area contributed by atoms with Crippen molar-refractivity contribution >= 4 is 35.1 Å². The lowest BCUT2D eigenvalue weighted by molar-refractivity contribution is -0.181. The molecule has 2 saturated carbocycles. The highest BCUT2D eigenvalue weighted by molar-refractivity contribution is 6.32. The zero-order chi connectivity index (χ0) is 29.0. The minimum absolute atomic E-state index is 0.0108. The fraction of sp³-hybridized carbons (Fsp3) is 0.556. The van der Waals surface area contributed by atoms with Crippen molar-refractivity contribution in [2.24, 2.45) is 35.3 Å². The summed E-state index contributed by atoms with van der Waals surface area (Å²) in [6.07, 6.45) is -0.596. The molecule has 0 aliphatic heterocycles. The van der Waals surface area contributed by atoms with E-state index in [9.17, 15) is 39.0 Å². The molecule has 4 rings (SSSR count). The van der Waals surface area contributed by atoms with E-state index in [-0.39, 0.29) is 43.2 Å². The molecule has 0 spiro atoms. The second-order valence-corrected chi connectivity index (χ2v) is 11.2. The molecule has 12 heteroatoms. The Balaban J connectivity index is 1.72. The Labute approximate surface area is 224 Å². The number of phenolic OH excluding ortho intramolecular Hbond substituents is 1. The number of carbonyl (C=O) groups excluding carboxylic acids is 6. The predicted octanol–water partition coefficient (Wildman–Crippen LogP) is -0.251. The summed E-state index contributed by atoms with van der Waals surface area (Å²) in [7, 11) is 3.05. The molecule has 0 bridgehead atoms. The van der Waals surface area contributed by atoms with E-state index in [1.165, 1.54) is 25.1 Å². The van der Waals surface area contributed by atoms with Gasteiger partial charge in [0, 0.05) is 12.5 Å². The van der Waals surface area contributed by atoms with Crippen molar-refractivity contribution in [1.82, 2.24) is 10.2 Å². The van der Waals surface area contributed by atoms with E-state index >= 15 is 0 Å². The number of benzene rings is 1. The Morgan fingerprint density at radius 1 is 1.18 bits per heavy atom. The summed E-state index contributed by atoms with van der Waals surface area (Å²) >= 11 is 0. The summed E-state index contributed by atoms with van der Waals surface area (Å²) in [5.74, 6) is -10.9. The Morgan fingerprint density at radius 2 is 1.85 bits per heavy atom. The molecule has 5 N–H and O–H groups in total. The highest BCUT2D eigenvalue weighted by Crippen LogP contribution is 2.51. The van der Waals surface area contributed by atoms with Gasteiger partial charge in [0.25, 0.3) is 0 Å². The first-order valence-corrected chi connectivity index (χ1v) is 12.8. The standard InChI is InChI=1S/C27H33N3O9/c1-11(2)10-39-26(37)29-9-12-5-6-16(31)18-14(12)7-13-8-15-20(30(3)4)22(33)19(25(28)36)24(35)27(15,38)23(34)17(13)21(18)32/h5-6,11,13,15,17,19-20,31,38H,7-10H2,1-4H3,(H2,28,36)(H,29,37)/t13-,15-,17?,19?,20-,27-/m1/s1. The SMILES string of the molecule is CC(C)COC(=O)NCc1ccc(O)c2c1C[C@@H]1C[C@@H]3[C@@H](N(C)C)C(=O)C(C(N)=O)C(=O)[C@]3(O)C(=O)C1C2=O. The van der Waals surface area contributed by atoms with Gasteiger partial charge in [0.15, 0.2) is 34.7 Å². The van der Waals surface area contributed by atoms with Crippen LogP contribution in [0.25, 0.3) is 0 Å². The maximum absolute atomic E-state index is 13.8. The summed E-state index contributed by atoms with van der Waals surface area (Å²) in [6.45, 7) is 3.99. The zero-order valence-electron chi connectivity index (χ0n) is 22.2. The first-order chi connectivity index (χ1) is 18.2. The second-order valence-electron chi connectivity index (χ2n) is 11.2. The summed E-state index contributed by atoms with van der Waals surface area (Å²) in [5.41, 5.74) is 3.37. The van der Waals surface area contributed by atoms with Gasteiger partial charge >= 0.3 is 6.09 Å². The molecule has 6 atom stereocenters. The minimum Gasteiger partial charge on any atom is -0.507 e. The third kappa shape index (κ3) is 4.51. The van der Waals surface area contributed by atoms with E-state index in [4.69, 9.17) is 10.5 Å². The molecule has 0 saturated heterocycles. The van der Waals surface area contributed by atoms with Gasteiger partial charge in [0.2, 0.25) is 5.91 Å². The summed E-state index contributed by atoms with van der Waals surface area (Å²) in [6, 6.07) is 1.65. The number of nitrogens with two attached hydrogens (primary N) is 1. The molecule has 12 nitrogen and oxygen atoms in total. The molecule has 2 amide bonds. The van der Waals surface area contributed by atoms with Crippen molar-refractivity contribution in [1.29, 1.82) is 0 Å². The molecule has 210 valence electrons. The molecule has 1 aromatic carbocycles.